The number of methoxy groups -OCH3 is 1. The average Bonchev–Trinajstić information content (AvgIpc) is 3.52. The summed E-state index contributed by atoms with van der Waals surface area (Å²) >= 11 is 0. The summed E-state index contributed by atoms with van der Waals surface area (Å²) in [5.74, 6) is -1.65. The van der Waals surface area contributed by atoms with Crippen molar-refractivity contribution in [3.8, 4) is 5.75 Å². The van der Waals surface area contributed by atoms with Gasteiger partial charge < -0.3 is 25.0 Å². The van der Waals surface area contributed by atoms with Crippen LogP contribution in [0.3, 0.4) is 0 Å². The van der Waals surface area contributed by atoms with Crippen molar-refractivity contribution >= 4 is 17.7 Å². The Morgan fingerprint density at radius 1 is 1.23 bits per heavy atom. The first-order valence-corrected chi connectivity index (χ1v) is 12.8. The van der Waals surface area contributed by atoms with Crippen LogP contribution < -0.4 is 10.1 Å². The van der Waals surface area contributed by atoms with Gasteiger partial charge in [0.15, 0.2) is 6.10 Å². The predicted molar refractivity (Wildman–Crippen MR) is 132 cm³/mol. The maximum absolute atomic E-state index is 13.8. The highest BCUT2D eigenvalue weighted by atomic mass is 19.4. The van der Waals surface area contributed by atoms with E-state index >= 15 is 0 Å². The van der Waals surface area contributed by atoms with Crippen molar-refractivity contribution in [3.05, 3.63) is 47.8 Å². The van der Waals surface area contributed by atoms with Gasteiger partial charge in [-0.05, 0) is 43.5 Å². The number of likely N-dealkylation sites (tertiary alicyclic amines) is 1. The van der Waals surface area contributed by atoms with Crippen LogP contribution >= 0.6 is 0 Å². The van der Waals surface area contributed by atoms with Gasteiger partial charge >= 0.3 is 6.18 Å². The lowest BCUT2D eigenvalue weighted by molar-refractivity contribution is -0.209. The van der Waals surface area contributed by atoms with Crippen LogP contribution in [0.5, 0.6) is 5.75 Å². The average molecular weight is 552 g/mol. The van der Waals surface area contributed by atoms with Crippen molar-refractivity contribution in [2.75, 3.05) is 33.3 Å². The number of hydrogen-bond donors (Lipinski definition) is 2. The lowest BCUT2D eigenvalue weighted by Crippen LogP contribution is -2.53. The smallest absolute Gasteiger partial charge is 0.416 e. The third kappa shape index (κ3) is 5.72. The SMILES string of the molecule is CCn1nccc1C(=O)N1CCC2(CC1)C(=O)NCC2C(=O)N(Cc1ccc(OC)cc1)CC(O)C(F)(F)F. The first kappa shape index (κ1) is 28.4. The van der Waals surface area contributed by atoms with E-state index in [0.29, 0.717) is 23.6 Å². The van der Waals surface area contributed by atoms with Crippen LogP contribution in [-0.4, -0.2) is 88.0 Å². The number of hydrogen-bond acceptors (Lipinski definition) is 6. The Labute approximate surface area is 223 Å². The fourth-order valence-corrected chi connectivity index (χ4v) is 5.38. The number of aryl methyl sites for hydroxylation is 1. The molecule has 13 heteroatoms. The van der Waals surface area contributed by atoms with Crippen LogP contribution in [0.1, 0.15) is 35.8 Å². The fourth-order valence-electron chi connectivity index (χ4n) is 5.38. The van der Waals surface area contributed by atoms with Gasteiger partial charge in [0.05, 0.1) is 25.0 Å². The quantitative estimate of drug-likeness (QED) is 0.517. The maximum Gasteiger partial charge on any atom is 0.416 e. The molecule has 2 atom stereocenters. The van der Waals surface area contributed by atoms with E-state index in [4.69, 9.17) is 4.74 Å². The number of carbonyl (C=O) groups is 3. The molecule has 1 spiro atoms. The van der Waals surface area contributed by atoms with Crippen LogP contribution in [0.4, 0.5) is 13.2 Å². The van der Waals surface area contributed by atoms with Gasteiger partial charge in [-0.3, -0.25) is 19.1 Å². The third-order valence-electron chi connectivity index (χ3n) is 7.68. The topological polar surface area (TPSA) is 117 Å². The van der Waals surface area contributed by atoms with Crippen LogP contribution in [0.2, 0.25) is 0 Å². The molecule has 2 aromatic rings. The van der Waals surface area contributed by atoms with Crippen LogP contribution in [0, 0.1) is 11.3 Å². The Morgan fingerprint density at radius 2 is 1.90 bits per heavy atom. The molecule has 0 aliphatic carbocycles. The number of amides is 3. The molecule has 4 rings (SSSR count). The van der Waals surface area contributed by atoms with Gasteiger partial charge in [-0.2, -0.15) is 18.3 Å². The van der Waals surface area contributed by atoms with E-state index < -0.39 is 36.1 Å². The molecule has 2 saturated heterocycles. The monoisotopic (exact) mass is 551 g/mol. The molecule has 0 radical (unpaired) electrons. The number of piperidine rings is 1. The van der Waals surface area contributed by atoms with Gasteiger partial charge in [-0.1, -0.05) is 12.1 Å². The Balaban J connectivity index is 1.54. The minimum atomic E-state index is -4.92. The van der Waals surface area contributed by atoms with E-state index in [2.05, 4.69) is 10.4 Å². The van der Waals surface area contributed by atoms with Crippen molar-refractivity contribution in [3.63, 3.8) is 0 Å². The van der Waals surface area contributed by atoms with Crippen molar-refractivity contribution < 1.29 is 37.4 Å². The summed E-state index contributed by atoms with van der Waals surface area (Å²) in [7, 11) is 1.48. The van der Waals surface area contributed by atoms with Gasteiger partial charge in [-0.25, -0.2) is 0 Å². The highest BCUT2D eigenvalue weighted by Crippen LogP contribution is 2.44. The number of carbonyl (C=O) groups excluding carboxylic acids is 3. The zero-order valence-electron chi connectivity index (χ0n) is 21.8. The number of aromatic nitrogens is 2. The number of ether oxygens (including phenoxy) is 1. The molecule has 0 bridgehead atoms. The second-order valence-corrected chi connectivity index (χ2v) is 9.87. The molecule has 0 saturated carbocycles. The van der Waals surface area contributed by atoms with Crippen molar-refractivity contribution in [2.45, 2.75) is 45.1 Å². The molecule has 2 fully saturated rings. The third-order valence-corrected chi connectivity index (χ3v) is 7.68. The van der Waals surface area contributed by atoms with E-state index in [0.717, 1.165) is 4.90 Å². The first-order chi connectivity index (χ1) is 18.5. The first-order valence-electron chi connectivity index (χ1n) is 12.8. The number of alkyl halides is 3. The molecular weight excluding hydrogens is 519 g/mol. The number of benzene rings is 1. The fraction of sp³-hybridized carbons (Fsp3) is 0.538. The lowest BCUT2D eigenvalue weighted by atomic mass is 9.69. The van der Waals surface area contributed by atoms with Crippen LogP contribution in [-0.2, 0) is 22.7 Å². The molecule has 39 heavy (non-hydrogen) atoms. The zero-order valence-corrected chi connectivity index (χ0v) is 21.8. The number of nitrogens with one attached hydrogen (secondary N) is 1. The van der Waals surface area contributed by atoms with Crippen molar-refractivity contribution in [1.82, 2.24) is 24.9 Å². The summed E-state index contributed by atoms with van der Waals surface area (Å²) in [4.78, 5) is 42.5. The Morgan fingerprint density at radius 3 is 2.49 bits per heavy atom. The normalized spacial score (nSPS) is 19.6. The molecule has 3 amide bonds. The Bertz CT molecular complexity index is 1190. The second kappa shape index (κ2) is 11.2. The summed E-state index contributed by atoms with van der Waals surface area (Å²) in [6.07, 6.45) is -5.77. The molecule has 1 aromatic carbocycles. The van der Waals surface area contributed by atoms with Crippen LogP contribution in [0.25, 0.3) is 0 Å². The maximum atomic E-state index is 13.8. The molecular formula is C26H32F3N5O5. The summed E-state index contributed by atoms with van der Waals surface area (Å²) in [5, 5.41) is 16.7. The van der Waals surface area contributed by atoms with Gasteiger partial charge in [0.25, 0.3) is 5.91 Å². The summed E-state index contributed by atoms with van der Waals surface area (Å²) < 4.78 is 46.5. The van der Waals surface area contributed by atoms with E-state index in [1.165, 1.54) is 13.3 Å². The van der Waals surface area contributed by atoms with E-state index in [9.17, 15) is 32.7 Å². The molecule has 3 heterocycles. The summed E-state index contributed by atoms with van der Waals surface area (Å²) in [6, 6.07) is 8.11. The zero-order chi connectivity index (χ0) is 28.4. The van der Waals surface area contributed by atoms with Gasteiger partial charge in [0.2, 0.25) is 11.8 Å². The molecule has 2 aliphatic heterocycles. The molecule has 2 aliphatic rings. The number of nitrogens with zero attached hydrogens (tertiary/aromatic N) is 4. The van der Waals surface area contributed by atoms with E-state index in [1.807, 2.05) is 6.92 Å². The van der Waals surface area contributed by atoms with Gasteiger partial charge in [-0.15, -0.1) is 0 Å². The second-order valence-electron chi connectivity index (χ2n) is 9.87. The van der Waals surface area contributed by atoms with Crippen molar-refractivity contribution in [1.29, 1.82) is 0 Å². The Hall–Kier alpha value is -3.61. The summed E-state index contributed by atoms with van der Waals surface area (Å²) in [6.45, 7) is 1.59. The predicted octanol–water partition coefficient (Wildman–Crippen LogP) is 1.83. The van der Waals surface area contributed by atoms with Gasteiger partial charge in [0, 0.05) is 38.9 Å². The minimum Gasteiger partial charge on any atom is -0.497 e. The number of halogens is 3. The number of aliphatic hydroxyl groups is 1. The highest BCUT2D eigenvalue weighted by Gasteiger charge is 2.56. The standard InChI is InChI=1S/C26H32F3N5O5/c1-3-34-20(8-11-31-34)23(37)32-12-9-25(10-13-32)19(14-30-24(25)38)22(36)33(16-21(35)26(27,28)29)15-17-4-6-18(39-2)7-5-17/h4-8,11,19,21,35H,3,9-10,12-16H2,1-2H3,(H,30,38). The van der Waals surface area contributed by atoms with E-state index in [1.54, 1.807) is 39.9 Å². The molecule has 1 aromatic heterocycles. The minimum absolute atomic E-state index is 0.0323. The summed E-state index contributed by atoms with van der Waals surface area (Å²) in [5.41, 5.74) is -0.207. The van der Waals surface area contributed by atoms with E-state index in [-0.39, 0.29) is 50.8 Å². The highest BCUT2D eigenvalue weighted by molar-refractivity contribution is 5.95. The largest absolute Gasteiger partial charge is 0.497 e. The van der Waals surface area contributed by atoms with Gasteiger partial charge in [0.1, 0.15) is 11.4 Å². The lowest BCUT2D eigenvalue weighted by Gasteiger charge is -2.41. The molecule has 10 nitrogen and oxygen atoms in total. The molecule has 2 unspecified atom stereocenters. The van der Waals surface area contributed by atoms with Crippen molar-refractivity contribution in [2.24, 2.45) is 11.3 Å². The Kier molecular flexibility index (Phi) is 8.19. The molecule has 212 valence electrons. The molecule has 2 N–H and O–H groups in total. The number of aliphatic hydroxyl groups excluding tert-OH is 1. The van der Waals surface area contributed by atoms with Crippen LogP contribution in [0.15, 0.2) is 36.5 Å². The number of rotatable bonds is 8.